The Bertz CT molecular complexity index is 551. The van der Waals surface area contributed by atoms with Crippen LogP contribution in [0.3, 0.4) is 0 Å². The zero-order valence-electron chi connectivity index (χ0n) is 12.3. The van der Waals surface area contributed by atoms with Crippen molar-refractivity contribution in [3.05, 3.63) is 29.3 Å². The molecule has 0 saturated carbocycles. The highest BCUT2D eigenvalue weighted by Gasteiger charge is 2.22. The molecule has 0 aromatic heterocycles. The van der Waals surface area contributed by atoms with Crippen LogP contribution in [0.1, 0.15) is 30.4 Å². The predicted octanol–water partition coefficient (Wildman–Crippen LogP) is 2.09. The maximum absolute atomic E-state index is 12.3. The summed E-state index contributed by atoms with van der Waals surface area (Å²) in [6, 6.07) is 5.79. The van der Waals surface area contributed by atoms with E-state index in [0.717, 1.165) is 29.7 Å². The van der Waals surface area contributed by atoms with Gasteiger partial charge in [0.15, 0.2) is 0 Å². The first-order valence-corrected chi connectivity index (χ1v) is 7.29. The van der Waals surface area contributed by atoms with Crippen LogP contribution in [-0.2, 0) is 9.53 Å². The molecule has 112 valence electrons. The third-order valence-electron chi connectivity index (χ3n) is 3.48. The molecule has 21 heavy (non-hydrogen) atoms. The van der Waals surface area contributed by atoms with E-state index in [1.807, 2.05) is 25.1 Å². The van der Waals surface area contributed by atoms with Gasteiger partial charge < -0.3 is 15.2 Å². The number of aliphatic hydroxyl groups is 1. The van der Waals surface area contributed by atoms with E-state index in [4.69, 9.17) is 9.84 Å². The molecule has 4 heteroatoms. The lowest BCUT2D eigenvalue weighted by atomic mass is 9.99. The number of carbonyl (C=O) groups is 1. The molecule has 0 spiro atoms. The summed E-state index contributed by atoms with van der Waals surface area (Å²) in [4.78, 5) is 12.3. The fraction of sp³-hybridized carbons (Fsp3) is 0.471. The Morgan fingerprint density at radius 3 is 2.90 bits per heavy atom. The summed E-state index contributed by atoms with van der Waals surface area (Å²) < 4.78 is 5.28. The lowest BCUT2D eigenvalue weighted by Crippen LogP contribution is -2.28. The molecule has 1 saturated heterocycles. The second-order valence-corrected chi connectivity index (χ2v) is 5.20. The Morgan fingerprint density at radius 2 is 2.19 bits per heavy atom. The van der Waals surface area contributed by atoms with Gasteiger partial charge in [-0.25, -0.2) is 0 Å². The minimum atomic E-state index is 0.0123. The van der Waals surface area contributed by atoms with Crippen LogP contribution in [0.2, 0.25) is 0 Å². The Labute approximate surface area is 125 Å². The lowest BCUT2D eigenvalue weighted by Gasteiger charge is -2.21. The predicted molar refractivity (Wildman–Crippen MR) is 81.9 cm³/mol. The summed E-state index contributed by atoms with van der Waals surface area (Å²) in [6.07, 6.45) is 1.97. The van der Waals surface area contributed by atoms with E-state index in [1.165, 1.54) is 0 Å². The Kier molecular flexibility index (Phi) is 5.79. The van der Waals surface area contributed by atoms with Crippen LogP contribution in [0, 0.1) is 24.7 Å². The molecule has 4 nitrogen and oxygen atoms in total. The van der Waals surface area contributed by atoms with Crippen molar-refractivity contribution >= 4 is 11.6 Å². The van der Waals surface area contributed by atoms with Gasteiger partial charge in [0, 0.05) is 31.1 Å². The van der Waals surface area contributed by atoms with Crippen LogP contribution in [0.15, 0.2) is 18.2 Å². The monoisotopic (exact) mass is 287 g/mol. The van der Waals surface area contributed by atoms with E-state index >= 15 is 0 Å². The first-order valence-electron chi connectivity index (χ1n) is 7.29. The highest BCUT2D eigenvalue weighted by Crippen LogP contribution is 2.21. The number of hydrogen-bond donors (Lipinski definition) is 2. The molecule has 1 fully saturated rings. The number of anilines is 1. The van der Waals surface area contributed by atoms with E-state index in [-0.39, 0.29) is 18.4 Å². The molecule has 2 rings (SSSR count). The molecule has 1 aromatic rings. The van der Waals surface area contributed by atoms with E-state index in [9.17, 15) is 4.79 Å². The maximum Gasteiger partial charge on any atom is 0.227 e. The van der Waals surface area contributed by atoms with E-state index in [0.29, 0.717) is 19.6 Å². The van der Waals surface area contributed by atoms with Crippen molar-refractivity contribution in [3.63, 3.8) is 0 Å². The molecule has 1 amide bonds. The standard InChI is InChI=1S/C17H21NO3/c1-13-5-6-16(15(12-13)4-2-3-9-19)18-17(20)14-7-10-21-11-8-14/h5-6,12,14,19H,3,7-11H2,1H3,(H,18,20). The average Bonchev–Trinajstić information content (AvgIpc) is 2.51. The van der Waals surface area contributed by atoms with Crippen LogP contribution in [0.25, 0.3) is 0 Å². The van der Waals surface area contributed by atoms with Crippen LogP contribution in [-0.4, -0.2) is 30.8 Å². The van der Waals surface area contributed by atoms with Gasteiger partial charge in [0.1, 0.15) is 0 Å². The van der Waals surface area contributed by atoms with Crippen molar-refractivity contribution < 1.29 is 14.6 Å². The highest BCUT2D eigenvalue weighted by atomic mass is 16.5. The molecule has 1 heterocycles. The minimum absolute atomic E-state index is 0.0123. The SMILES string of the molecule is Cc1ccc(NC(=O)C2CCOCC2)c(C#CCCO)c1. The van der Waals surface area contributed by atoms with Crippen LogP contribution >= 0.6 is 0 Å². The largest absolute Gasteiger partial charge is 0.395 e. The number of hydrogen-bond acceptors (Lipinski definition) is 3. The highest BCUT2D eigenvalue weighted by molar-refractivity contribution is 5.94. The van der Waals surface area contributed by atoms with Gasteiger partial charge in [-0.15, -0.1) is 0 Å². The summed E-state index contributed by atoms with van der Waals surface area (Å²) in [7, 11) is 0. The van der Waals surface area contributed by atoms with Crippen molar-refractivity contribution in [1.29, 1.82) is 0 Å². The summed E-state index contributed by atoms with van der Waals surface area (Å²) in [5, 5.41) is 11.8. The van der Waals surface area contributed by atoms with Crippen molar-refractivity contribution in [3.8, 4) is 11.8 Å². The second kappa shape index (κ2) is 7.82. The smallest absolute Gasteiger partial charge is 0.227 e. The van der Waals surface area contributed by atoms with Crippen molar-refractivity contribution in [2.75, 3.05) is 25.1 Å². The number of ether oxygens (including phenoxy) is 1. The molecule has 0 unspecified atom stereocenters. The third kappa shape index (κ3) is 4.59. The maximum atomic E-state index is 12.3. The van der Waals surface area contributed by atoms with Gasteiger partial charge in [-0.1, -0.05) is 17.9 Å². The molecule has 1 aliphatic rings. The van der Waals surface area contributed by atoms with Crippen LogP contribution in [0.4, 0.5) is 5.69 Å². The Morgan fingerprint density at radius 1 is 1.43 bits per heavy atom. The summed E-state index contributed by atoms with van der Waals surface area (Å²) in [5.74, 6) is 5.96. The van der Waals surface area contributed by atoms with Gasteiger partial charge in [-0.2, -0.15) is 0 Å². The zero-order valence-corrected chi connectivity index (χ0v) is 12.3. The number of benzene rings is 1. The number of amides is 1. The molecule has 0 atom stereocenters. The van der Waals surface area contributed by atoms with Gasteiger partial charge in [-0.3, -0.25) is 4.79 Å². The van der Waals surface area contributed by atoms with Crippen LogP contribution in [0.5, 0.6) is 0 Å². The summed E-state index contributed by atoms with van der Waals surface area (Å²) >= 11 is 0. The number of rotatable bonds is 3. The molecule has 0 bridgehead atoms. The number of aryl methyl sites for hydroxylation is 1. The first-order chi connectivity index (χ1) is 10.2. The van der Waals surface area contributed by atoms with Crippen LogP contribution < -0.4 is 5.32 Å². The fourth-order valence-corrected chi connectivity index (χ4v) is 2.28. The zero-order chi connectivity index (χ0) is 15.1. The fourth-order valence-electron chi connectivity index (χ4n) is 2.28. The molecule has 1 aliphatic heterocycles. The average molecular weight is 287 g/mol. The van der Waals surface area contributed by atoms with Crippen molar-refractivity contribution in [2.24, 2.45) is 5.92 Å². The number of carbonyl (C=O) groups excluding carboxylic acids is 1. The van der Waals surface area contributed by atoms with Gasteiger partial charge in [0.2, 0.25) is 5.91 Å². The number of aliphatic hydroxyl groups excluding tert-OH is 1. The first kappa shape index (κ1) is 15.6. The molecule has 1 aromatic carbocycles. The minimum Gasteiger partial charge on any atom is -0.395 e. The summed E-state index contributed by atoms with van der Waals surface area (Å²) in [6.45, 7) is 3.33. The van der Waals surface area contributed by atoms with E-state index in [2.05, 4.69) is 17.2 Å². The van der Waals surface area contributed by atoms with Crippen molar-refractivity contribution in [1.82, 2.24) is 0 Å². The lowest BCUT2D eigenvalue weighted by molar-refractivity contribution is -0.122. The topological polar surface area (TPSA) is 58.6 Å². The van der Waals surface area contributed by atoms with Gasteiger partial charge in [0.25, 0.3) is 0 Å². The molecular weight excluding hydrogens is 266 g/mol. The quantitative estimate of drug-likeness (QED) is 0.837. The normalized spacial score (nSPS) is 15.1. The second-order valence-electron chi connectivity index (χ2n) is 5.20. The third-order valence-corrected chi connectivity index (χ3v) is 3.48. The molecule has 0 aliphatic carbocycles. The molecular formula is C17H21NO3. The van der Waals surface area contributed by atoms with E-state index < -0.39 is 0 Å². The molecule has 2 N–H and O–H groups in total. The van der Waals surface area contributed by atoms with Crippen molar-refractivity contribution in [2.45, 2.75) is 26.2 Å². The molecule has 0 radical (unpaired) electrons. The Balaban J connectivity index is 2.11. The van der Waals surface area contributed by atoms with E-state index in [1.54, 1.807) is 0 Å². The van der Waals surface area contributed by atoms with Gasteiger partial charge >= 0.3 is 0 Å². The van der Waals surface area contributed by atoms with Gasteiger partial charge in [0.05, 0.1) is 12.3 Å². The number of nitrogens with one attached hydrogen (secondary N) is 1. The Hall–Kier alpha value is -1.83. The summed E-state index contributed by atoms with van der Waals surface area (Å²) in [5.41, 5.74) is 2.62. The van der Waals surface area contributed by atoms with Gasteiger partial charge in [-0.05, 0) is 37.5 Å².